The first kappa shape index (κ1) is 54.3. The Kier molecular flexibility index (Phi) is 34.9. The highest BCUT2D eigenvalue weighted by Gasteiger charge is 2.48. The van der Waals surface area contributed by atoms with E-state index in [1.165, 1.54) is 165 Å². The molecule has 2 rings (SSSR count). The van der Waals surface area contributed by atoms with Crippen molar-refractivity contribution in [2.75, 3.05) is 37.0 Å². The van der Waals surface area contributed by atoms with E-state index < -0.39 is 14.5 Å². The molecule has 8 heteroatoms. The van der Waals surface area contributed by atoms with Gasteiger partial charge >= 0.3 is 0 Å². The van der Waals surface area contributed by atoms with Crippen LogP contribution in [0.3, 0.4) is 0 Å². The highest BCUT2D eigenvalue weighted by molar-refractivity contribution is 7.76. The number of hydrogen-bond acceptors (Lipinski definition) is 0. The van der Waals surface area contributed by atoms with Gasteiger partial charge in [-0.3, -0.25) is 0 Å². The Hall–Kier alpha value is 0.240. The lowest BCUT2D eigenvalue weighted by atomic mass is 10.2. The van der Waals surface area contributed by atoms with Crippen LogP contribution >= 0.6 is 14.5 Å². The van der Waals surface area contributed by atoms with Crippen LogP contribution in [0, 0.1) is 0 Å². The van der Waals surface area contributed by atoms with Crippen molar-refractivity contribution in [2.45, 2.75) is 195 Å². The number of aryl methyl sites for hydroxylation is 2. The minimum atomic E-state index is -0.955. The maximum atomic E-state index is 2.62. The number of aromatic nitrogens is 4. The van der Waals surface area contributed by atoms with Crippen LogP contribution in [-0.4, -0.2) is 46.1 Å². The van der Waals surface area contributed by atoms with Gasteiger partial charge in [0.05, 0.1) is 65.6 Å². The Labute approximate surface area is 348 Å². The highest BCUT2D eigenvalue weighted by atomic mass is 79.9. The molecule has 2 aromatic heterocycles. The number of hydrogen-bond donors (Lipinski definition) is 0. The molecule has 2 heterocycles. The van der Waals surface area contributed by atoms with Gasteiger partial charge in [0.1, 0.15) is 24.8 Å². The number of rotatable bonds is 30. The lowest BCUT2D eigenvalue weighted by molar-refractivity contribution is -0.671. The van der Waals surface area contributed by atoms with E-state index in [1.807, 2.05) is 0 Å². The summed E-state index contributed by atoms with van der Waals surface area (Å²) in [5.41, 5.74) is 0. The molecule has 0 spiro atoms. The van der Waals surface area contributed by atoms with Gasteiger partial charge in [-0.05, 0) is 51.4 Å². The fourth-order valence-electron chi connectivity index (χ4n) is 8.26. The number of unbranched alkanes of at least 4 members (excludes halogenated alkanes) is 10. The van der Waals surface area contributed by atoms with Gasteiger partial charge in [-0.2, -0.15) is 0 Å². The Bertz CT molecular complexity index is 933. The molecule has 4 nitrogen and oxygen atoms in total. The lowest BCUT2D eigenvalue weighted by Gasteiger charge is -2.33. The summed E-state index contributed by atoms with van der Waals surface area (Å²) in [6.45, 7) is 18.9. The van der Waals surface area contributed by atoms with Crippen LogP contribution < -0.4 is 43.1 Å². The second-order valence-corrected chi connectivity index (χ2v) is 24.7. The molecule has 0 amide bonds. The first-order valence-corrected chi connectivity index (χ1v) is 26.9. The van der Waals surface area contributed by atoms with E-state index in [0.29, 0.717) is 0 Å². The summed E-state index contributed by atoms with van der Waals surface area (Å²) in [5, 5.41) is 0. The molecule has 308 valence electrons. The molecular formula is C44H90Br2N4P2+2. The molecule has 0 fully saturated rings. The van der Waals surface area contributed by atoms with Crippen LogP contribution in [0.25, 0.3) is 0 Å². The standard InChI is InChI=1S/2C22H45N2P.2BrH/c2*1-6-10-14-15-22(24-17-16-23(5)21-24)25(18-11-7-2,19-12-8-3)20-13-9-4;;/h2*16-17,21-22H,6-15,18-20H2,1-5H3;2*1H/q2*+2;;/p-2. The zero-order valence-corrected chi connectivity index (χ0v) is 41.4. The van der Waals surface area contributed by atoms with E-state index in [0.717, 1.165) is 11.6 Å². The van der Waals surface area contributed by atoms with Crippen LogP contribution in [0.1, 0.15) is 195 Å². The lowest BCUT2D eigenvalue weighted by Crippen LogP contribution is -3.00. The molecule has 2 aromatic rings. The van der Waals surface area contributed by atoms with Gasteiger partial charge < -0.3 is 34.0 Å². The van der Waals surface area contributed by atoms with Gasteiger partial charge in [-0.1, -0.05) is 120 Å². The van der Waals surface area contributed by atoms with E-state index in [9.17, 15) is 0 Å². The summed E-state index contributed by atoms with van der Waals surface area (Å²) in [5.74, 6) is 1.56. The van der Waals surface area contributed by atoms with Crippen molar-refractivity contribution in [1.29, 1.82) is 0 Å². The Morgan fingerprint density at radius 3 is 0.846 bits per heavy atom. The highest BCUT2D eigenvalue weighted by Crippen LogP contribution is 2.71. The summed E-state index contributed by atoms with van der Waals surface area (Å²) < 4.78 is 9.71. The van der Waals surface area contributed by atoms with E-state index in [2.05, 4.69) is 125 Å². The van der Waals surface area contributed by atoms with Crippen LogP contribution in [0.5, 0.6) is 0 Å². The summed E-state index contributed by atoms with van der Waals surface area (Å²) in [6.07, 6.45) is 50.7. The fraction of sp³-hybridized carbons (Fsp3) is 0.864. The predicted octanol–water partition coefficient (Wildman–Crippen LogP) is 7.63. The van der Waals surface area contributed by atoms with Crippen molar-refractivity contribution in [3.63, 3.8) is 0 Å². The molecule has 0 aliphatic rings. The topological polar surface area (TPSA) is 17.6 Å². The van der Waals surface area contributed by atoms with Crippen LogP contribution in [-0.2, 0) is 14.1 Å². The van der Waals surface area contributed by atoms with Crippen molar-refractivity contribution >= 4 is 14.5 Å². The number of imidazole rings is 2. The van der Waals surface area contributed by atoms with Gasteiger partial charge in [0, 0.05) is 12.8 Å². The number of halogens is 2. The molecule has 0 bridgehead atoms. The summed E-state index contributed by atoms with van der Waals surface area (Å²) in [7, 11) is 2.43. The first-order chi connectivity index (χ1) is 24.3. The van der Waals surface area contributed by atoms with E-state index >= 15 is 0 Å². The Balaban J connectivity index is 0. The third-order valence-electron chi connectivity index (χ3n) is 11.4. The smallest absolute Gasteiger partial charge is 0.246 e. The second kappa shape index (κ2) is 33.4. The van der Waals surface area contributed by atoms with Crippen molar-refractivity contribution in [3.05, 3.63) is 37.4 Å². The summed E-state index contributed by atoms with van der Waals surface area (Å²) in [6, 6.07) is 0. The van der Waals surface area contributed by atoms with Gasteiger partial charge in [0.2, 0.25) is 24.2 Å². The van der Waals surface area contributed by atoms with Gasteiger partial charge in [-0.15, -0.1) is 0 Å². The molecule has 0 saturated carbocycles. The van der Waals surface area contributed by atoms with Crippen LogP contribution in [0.2, 0.25) is 0 Å². The third kappa shape index (κ3) is 19.9. The van der Waals surface area contributed by atoms with Crippen LogP contribution in [0.15, 0.2) is 37.4 Å². The van der Waals surface area contributed by atoms with Gasteiger partial charge in [0.25, 0.3) is 0 Å². The monoisotopic (exact) mass is 894 g/mol. The molecular weight excluding hydrogens is 806 g/mol. The average Bonchev–Trinajstić information content (AvgIpc) is 3.76. The zero-order valence-electron chi connectivity index (χ0n) is 36.4. The largest absolute Gasteiger partial charge is 1.00 e. The van der Waals surface area contributed by atoms with E-state index in [1.54, 1.807) is 0 Å². The molecule has 2 atom stereocenters. The van der Waals surface area contributed by atoms with Crippen molar-refractivity contribution < 1.29 is 43.1 Å². The van der Waals surface area contributed by atoms with Crippen molar-refractivity contribution in [1.82, 2.24) is 9.13 Å². The normalized spacial score (nSPS) is 12.8. The van der Waals surface area contributed by atoms with Gasteiger partial charge in [0.15, 0.2) is 0 Å². The van der Waals surface area contributed by atoms with E-state index in [-0.39, 0.29) is 34.0 Å². The quantitative estimate of drug-likeness (QED) is 0.0437. The Morgan fingerprint density at radius 2 is 0.654 bits per heavy atom. The van der Waals surface area contributed by atoms with Crippen molar-refractivity contribution in [2.24, 2.45) is 14.1 Å². The predicted molar refractivity (Wildman–Crippen MR) is 230 cm³/mol. The Morgan fingerprint density at radius 1 is 0.404 bits per heavy atom. The maximum Gasteiger partial charge on any atom is 0.246 e. The average molecular weight is 897 g/mol. The third-order valence-corrected chi connectivity index (χ3v) is 22.2. The zero-order chi connectivity index (χ0) is 37.1. The molecule has 52 heavy (non-hydrogen) atoms. The molecule has 2 unspecified atom stereocenters. The van der Waals surface area contributed by atoms with Crippen LogP contribution in [0.4, 0.5) is 0 Å². The van der Waals surface area contributed by atoms with E-state index in [4.69, 9.17) is 0 Å². The fourth-order valence-corrected chi connectivity index (χ4v) is 19.9. The van der Waals surface area contributed by atoms with Gasteiger partial charge in [-0.25, -0.2) is 18.3 Å². The number of nitrogens with zero attached hydrogens (tertiary/aromatic N) is 4. The second-order valence-electron chi connectivity index (χ2n) is 15.9. The first-order valence-electron chi connectivity index (χ1n) is 22.0. The molecule has 0 aromatic carbocycles. The molecule has 0 radical (unpaired) electrons. The molecule has 0 N–H and O–H groups in total. The summed E-state index contributed by atoms with van der Waals surface area (Å²) in [4.78, 5) is 0. The van der Waals surface area contributed by atoms with Crippen molar-refractivity contribution in [3.8, 4) is 0 Å². The molecule has 0 saturated heterocycles. The minimum absolute atomic E-state index is 0. The molecule has 0 aliphatic heterocycles. The maximum absolute atomic E-state index is 2.62. The summed E-state index contributed by atoms with van der Waals surface area (Å²) >= 11 is 0. The minimum Gasteiger partial charge on any atom is -1.00 e. The SMILES string of the molecule is CCCCCC(n1cc[n+](C)c1)[P+](CCCC)(CCCC)CCCC.CCCCCC(n1cc[n+](C)c1)[P+](CCCC)(CCCC)CCCC.[Br-].[Br-]. The molecule has 0 aliphatic carbocycles.